The van der Waals surface area contributed by atoms with Crippen molar-refractivity contribution in [2.45, 2.75) is 19.3 Å². The van der Waals surface area contributed by atoms with Gasteiger partial charge in [0.1, 0.15) is 0 Å². The number of aromatic nitrogens is 1. The molecular formula is C11H18N2O3S2. The van der Waals surface area contributed by atoms with E-state index in [1.54, 1.807) is 12.4 Å². The van der Waals surface area contributed by atoms with Gasteiger partial charge in [-0.25, -0.2) is 0 Å². The fourth-order valence-corrected chi connectivity index (χ4v) is 2.79. The topological polar surface area (TPSA) is 79.3 Å². The maximum atomic E-state index is 10.4. The maximum absolute atomic E-state index is 10.4. The Morgan fingerprint density at radius 1 is 1.22 bits per heavy atom. The molecule has 0 fully saturated rings. The van der Waals surface area contributed by atoms with Crippen molar-refractivity contribution in [3.05, 3.63) is 30.1 Å². The van der Waals surface area contributed by atoms with Crippen molar-refractivity contribution < 1.29 is 13.0 Å². The molecule has 0 atom stereocenters. The van der Waals surface area contributed by atoms with Crippen molar-refractivity contribution in [1.29, 1.82) is 0 Å². The van der Waals surface area contributed by atoms with Gasteiger partial charge < -0.3 is 5.32 Å². The smallest absolute Gasteiger partial charge is 0.316 e. The molecule has 0 saturated heterocycles. The molecule has 0 radical (unpaired) electrons. The molecule has 0 saturated carbocycles. The monoisotopic (exact) mass is 290 g/mol. The first kappa shape index (κ1) is 15.4. The highest BCUT2D eigenvalue weighted by atomic mass is 33.1. The second-order valence-corrected chi connectivity index (χ2v) is 7.28. The summed E-state index contributed by atoms with van der Waals surface area (Å²) in [5.41, 5.74) is 1.28. The average molecular weight is 290 g/mol. The van der Waals surface area contributed by atoms with E-state index in [0.717, 1.165) is 25.8 Å². The van der Waals surface area contributed by atoms with Gasteiger partial charge in [-0.05, 0) is 54.3 Å². The van der Waals surface area contributed by atoms with Gasteiger partial charge in [0.2, 0.25) is 0 Å². The van der Waals surface area contributed by atoms with E-state index < -0.39 is 9.15 Å². The fraction of sp³-hybridized carbons (Fsp3) is 0.545. The zero-order valence-corrected chi connectivity index (χ0v) is 11.7. The Labute approximate surface area is 112 Å². The van der Waals surface area contributed by atoms with Crippen LogP contribution >= 0.6 is 10.8 Å². The zero-order valence-electron chi connectivity index (χ0n) is 10.1. The predicted molar refractivity (Wildman–Crippen MR) is 74.1 cm³/mol. The standard InChI is InChI=1S/C11H18N2O3S2/c14-18(15,16)17-10-9-12-6-2-1-3-11-4-7-13-8-5-11/h4-5,7-8,12H,1-3,6,9-10H2,(H,14,15,16). The molecule has 0 aromatic carbocycles. The molecule has 7 heteroatoms. The highest BCUT2D eigenvalue weighted by Crippen LogP contribution is 2.07. The van der Waals surface area contributed by atoms with Gasteiger partial charge >= 0.3 is 9.15 Å². The third kappa shape index (κ3) is 8.46. The van der Waals surface area contributed by atoms with E-state index in [9.17, 15) is 8.42 Å². The van der Waals surface area contributed by atoms with E-state index >= 15 is 0 Å². The molecule has 0 aliphatic rings. The van der Waals surface area contributed by atoms with E-state index in [1.165, 1.54) is 5.56 Å². The van der Waals surface area contributed by atoms with Crippen LogP contribution < -0.4 is 5.32 Å². The second kappa shape index (κ2) is 8.47. The van der Waals surface area contributed by atoms with Gasteiger partial charge in [-0.3, -0.25) is 9.54 Å². The molecule has 0 spiro atoms. The van der Waals surface area contributed by atoms with Crippen molar-refractivity contribution in [2.75, 3.05) is 18.8 Å². The van der Waals surface area contributed by atoms with Crippen molar-refractivity contribution in [3.63, 3.8) is 0 Å². The van der Waals surface area contributed by atoms with E-state index in [1.807, 2.05) is 12.1 Å². The Morgan fingerprint density at radius 2 is 1.94 bits per heavy atom. The third-order valence-electron chi connectivity index (χ3n) is 2.33. The molecule has 5 nitrogen and oxygen atoms in total. The summed E-state index contributed by atoms with van der Waals surface area (Å²) in [5, 5.41) is 3.14. The quantitative estimate of drug-likeness (QED) is 0.408. The molecular weight excluding hydrogens is 272 g/mol. The van der Waals surface area contributed by atoms with Crippen LogP contribution in [-0.4, -0.2) is 36.8 Å². The fourth-order valence-electron chi connectivity index (χ4n) is 1.47. The lowest BCUT2D eigenvalue weighted by Gasteiger charge is -2.04. The minimum atomic E-state index is -3.89. The first-order valence-electron chi connectivity index (χ1n) is 5.79. The number of hydrogen-bond donors (Lipinski definition) is 2. The van der Waals surface area contributed by atoms with Crippen LogP contribution in [-0.2, 0) is 15.6 Å². The van der Waals surface area contributed by atoms with Crippen molar-refractivity contribution in [1.82, 2.24) is 10.3 Å². The summed E-state index contributed by atoms with van der Waals surface area (Å²) in [6, 6.07) is 4.02. The molecule has 0 unspecified atom stereocenters. The minimum absolute atomic E-state index is 0.364. The Kier molecular flexibility index (Phi) is 7.26. The Hall–Kier alpha value is -0.630. The Bertz CT molecular complexity index is 423. The molecule has 1 heterocycles. The third-order valence-corrected chi connectivity index (χ3v) is 4.39. The van der Waals surface area contributed by atoms with E-state index in [2.05, 4.69) is 10.3 Å². The van der Waals surface area contributed by atoms with Gasteiger partial charge in [0.05, 0.1) is 0 Å². The lowest BCUT2D eigenvalue weighted by molar-refractivity contribution is 0.503. The number of rotatable bonds is 9. The molecule has 102 valence electrons. The van der Waals surface area contributed by atoms with Crippen LogP contribution in [0.5, 0.6) is 0 Å². The Morgan fingerprint density at radius 3 is 2.61 bits per heavy atom. The molecule has 1 aromatic heterocycles. The number of aryl methyl sites for hydroxylation is 1. The molecule has 2 N–H and O–H groups in total. The van der Waals surface area contributed by atoms with Crippen molar-refractivity contribution in [2.24, 2.45) is 0 Å². The van der Waals surface area contributed by atoms with Gasteiger partial charge in [0.25, 0.3) is 0 Å². The van der Waals surface area contributed by atoms with E-state index in [4.69, 9.17) is 4.55 Å². The van der Waals surface area contributed by atoms with E-state index in [0.29, 0.717) is 23.1 Å². The molecule has 18 heavy (non-hydrogen) atoms. The van der Waals surface area contributed by atoms with Crippen LogP contribution in [0.4, 0.5) is 0 Å². The lowest BCUT2D eigenvalue weighted by Crippen LogP contribution is -2.19. The Balaban J connectivity index is 1.93. The molecule has 0 bridgehead atoms. The number of unbranched alkanes of at least 4 members (excludes halogenated alkanes) is 1. The van der Waals surface area contributed by atoms with Gasteiger partial charge in [0, 0.05) is 24.7 Å². The highest BCUT2D eigenvalue weighted by Gasteiger charge is 2.03. The average Bonchev–Trinajstić information content (AvgIpc) is 2.32. The molecule has 0 aliphatic heterocycles. The lowest BCUT2D eigenvalue weighted by atomic mass is 10.1. The first-order chi connectivity index (χ1) is 8.58. The molecule has 1 aromatic rings. The molecule has 0 aliphatic carbocycles. The summed E-state index contributed by atoms with van der Waals surface area (Å²) in [4.78, 5) is 3.96. The van der Waals surface area contributed by atoms with E-state index in [-0.39, 0.29) is 0 Å². The number of pyridine rings is 1. The van der Waals surface area contributed by atoms with Crippen LogP contribution in [0.1, 0.15) is 18.4 Å². The number of nitrogens with one attached hydrogen (secondary N) is 1. The van der Waals surface area contributed by atoms with Crippen LogP contribution in [0.3, 0.4) is 0 Å². The summed E-state index contributed by atoms with van der Waals surface area (Å²) < 4.78 is 29.3. The second-order valence-electron chi connectivity index (χ2n) is 3.81. The first-order valence-corrected chi connectivity index (χ1v) is 8.73. The minimum Gasteiger partial charge on any atom is -0.316 e. The normalized spacial score (nSPS) is 11.6. The highest BCUT2D eigenvalue weighted by molar-refractivity contribution is 8.69. The largest absolute Gasteiger partial charge is 0.319 e. The van der Waals surface area contributed by atoms with Crippen LogP contribution in [0.25, 0.3) is 0 Å². The summed E-state index contributed by atoms with van der Waals surface area (Å²) in [6.45, 7) is 1.44. The van der Waals surface area contributed by atoms with Crippen LogP contribution in [0.2, 0.25) is 0 Å². The van der Waals surface area contributed by atoms with Crippen LogP contribution in [0.15, 0.2) is 24.5 Å². The van der Waals surface area contributed by atoms with Gasteiger partial charge in [-0.1, -0.05) is 0 Å². The van der Waals surface area contributed by atoms with Gasteiger partial charge in [-0.15, -0.1) is 0 Å². The van der Waals surface area contributed by atoms with Crippen LogP contribution in [0, 0.1) is 0 Å². The van der Waals surface area contributed by atoms with Gasteiger partial charge in [-0.2, -0.15) is 8.42 Å². The molecule has 1 rings (SSSR count). The summed E-state index contributed by atoms with van der Waals surface area (Å²) in [6.07, 6.45) is 6.74. The zero-order chi connectivity index (χ0) is 13.3. The molecule has 0 amide bonds. The maximum Gasteiger partial charge on any atom is 0.319 e. The number of hydrogen-bond acceptors (Lipinski definition) is 5. The van der Waals surface area contributed by atoms with Crippen molar-refractivity contribution >= 4 is 19.9 Å². The number of nitrogens with zero attached hydrogens (tertiary/aromatic N) is 1. The summed E-state index contributed by atoms with van der Waals surface area (Å²) in [7, 11) is -3.33. The summed E-state index contributed by atoms with van der Waals surface area (Å²) >= 11 is 0. The van der Waals surface area contributed by atoms with Crippen molar-refractivity contribution in [3.8, 4) is 0 Å². The summed E-state index contributed by atoms with van der Waals surface area (Å²) in [5.74, 6) is 0.364. The SMILES string of the molecule is O=S(=O)(O)SCCNCCCCc1ccncc1. The van der Waals surface area contributed by atoms with Gasteiger partial charge in [0.15, 0.2) is 0 Å². The predicted octanol–water partition coefficient (Wildman–Crippen LogP) is 1.53.